The maximum atomic E-state index is 12.2. The molecule has 0 saturated heterocycles. The van der Waals surface area contributed by atoms with Crippen molar-refractivity contribution in [2.45, 2.75) is 25.4 Å². The van der Waals surface area contributed by atoms with Crippen molar-refractivity contribution in [2.24, 2.45) is 5.73 Å². The monoisotopic (exact) mass is 358 g/mol. The van der Waals surface area contributed by atoms with Crippen molar-refractivity contribution < 1.29 is 14.3 Å². The number of nitrogens with zero attached hydrogens (tertiary/aromatic N) is 4. The SMILES string of the molecule is CN(C)c1nc(N)nc(COC(=O)C[C@H](CC(N)=O)c2ccccc2)n1. The van der Waals surface area contributed by atoms with Gasteiger partial charge in [0.1, 0.15) is 0 Å². The normalized spacial score (nSPS) is 11.6. The number of hydrogen-bond donors (Lipinski definition) is 2. The fourth-order valence-corrected chi connectivity index (χ4v) is 2.37. The van der Waals surface area contributed by atoms with Gasteiger partial charge in [-0.15, -0.1) is 0 Å². The lowest BCUT2D eigenvalue weighted by Gasteiger charge is -2.15. The smallest absolute Gasteiger partial charge is 0.306 e. The molecule has 0 saturated carbocycles. The van der Waals surface area contributed by atoms with Crippen molar-refractivity contribution in [1.29, 1.82) is 0 Å². The first-order chi connectivity index (χ1) is 12.3. The van der Waals surface area contributed by atoms with E-state index in [4.69, 9.17) is 16.2 Å². The van der Waals surface area contributed by atoms with Gasteiger partial charge in [0.15, 0.2) is 12.4 Å². The quantitative estimate of drug-likeness (QED) is 0.655. The van der Waals surface area contributed by atoms with E-state index in [0.29, 0.717) is 5.95 Å². The molecule has 0 unspecified atom stereocenters. The Balaban J connectivity index is 2.01. The Bertz CT molecular complexity index is 766. The third-order valence-corrected chi connectivity index (χ3v) is 3.58. The molecule has 1 aromatic carbocycles. The highest BCUT2D eigenvalue weighted by atomic mass is 16.5. The van der Waals surface area contributed by atoms with E-state index in [0.717, 1.165) is 5.56 Å². The van der Waals surface area contributed by atoms with Crippen LogP contribution in [0.4, 0.5) is 11.9 Å². The number of hydrogen-bond acceptors (Lipinski definition) is 8. The molecule has 0 bridgehead atoms. The fourth-order valence-electron chi connectivity index (χ4n) is 2.37. The maximum Gasteiger partial charge on any atom is 0.306 e. The summed E-state index contributed by atoms with van der Waals surface area (Å²) in [5.41, 5.74) is 11.8. The summed E-state index contributed by atoms with van der Waals surface area (Å²) in [5.74, 6) is -0.634. The van der Waals surface area contributed by atoms with Crippen molar-refractivity contribution >= 4 is 23.8 Å². The first-order valence-corrected chi connectivity index (χ1v) is 8.01. The summed E-state index contributed by atoms with van der Waals surface area (Å²) in [6.45, 7) is -0.134. The zero-order valence-electron chi connectivity index (χ0n) is 14.8. The molecule has 2 aromatic rings. The van der Waals surface area contributed by atoms with Gasteiger partial charge < -0.3 is 21.1 Å². The van der Waals surface area contributed by atoms with Crippen LogP contribution in [-0.2, 0) is 20.9 Å². The van der Waals surface area contributed by atoms with Crippen LogP contribution in [0.3, 0.4) is 0 Å². The number of nitrogen functional groups attached to an aromatic ring is 1. The van der Waals surface area contributed by atoms with E-state index in [1.54, 1.807) is 19.0 Å². The van der Waals surface area contributed by atoms with Gasteiger partial charge in [-0.25, -0.2) is 0 Å². The molecule has 4 N–H and O–H groups in total. The van der Waals surface area contributed by atoms with Gasteiger partial charge in [0.2, 0.25) is 17.8 Å². The summed E-state index contributed by atoms with van der Waals surface area (Å²) in [6, 6.07) is 9.22. The first kappa shape index (κ1) is 19.1. The summed E-state index contributed by atoms with van der Waals surface area (Å²) in [7, 11) is 3.53. The molecule has 9 heteroatoms. The lowest BCUT2D eigenvalue weighted by atomic mass is 9.92. The molecule has 1 atom stereocenters. The van der Waals surface area contributed by atoms with Crippen molar-refractivity contribution in [3.8, 4) is 0 Å². The molecule has 0 aliphatic rings. The van der Waals surface area contributed by atoms with Crippen LogP contribution in [0.25, 0.3) is 0 Å². The van der Waals surface area contributed by atoms with E-state index in [1.165, 1.54) is 0 Å². The predicted molar refractivity (Wildman–Crippen MR) is 96.0 cm³/mol. The molecule has 0 fully saturated rings. The second kappa shape index (κ2) is 8.75. The number of rotatable bonds is 8. The summed E-state index contributed by atoms with van der Waals surface area (Å²) < 4.78 is 5.23. The second-order valence-corrected chi connectivity index (χ2v) is 5.95. The van der Waals surface area contributed by atoms with Crippen molar-refractivity contribution in [3.05, 3.63) is 41.7 Å². The zero-order valence-corrected chi connectivity index (χ0v) is 14.8. The Hall–Kier alpha value is -3.23. The summed E-state index contributed by atoms with van der Waals surface area (Å²) in [4.78, 5) is 37.3. The van der Waals surface area contributed by atoms with Gasteiger partial charge in [0.25, 0.3) is 0 Å². The lowest BCUT2D eigenvalue weighted by molar-refractivity contribution is -0.145. The summed E-state index contributed by atoms with van der Waals surface area (Å²) in [5, 5.41) is 0. The number of amides is 1. The Morgan fingerprint density at radius 1 is 1.12 bits per heavy atom. The number of anilines is 2. The zero-order chi connectivity index (χ0) is 19.1. The predicted octanol–water partition coefficient (Wildman–Crippen LogP) is 0.612. The third kappa shape index (κ3) is 5.69. The highest BCUT2D eigenvalue weighted by Crippen LogP contribution is 2.23. The van der Waals surface area contributed by atoms with Crippen LogP contribution in [0, 0.1) is 0 Å². The number of benzene rings is 1. The van der Waals surface area contributed by atoms with E-state index in [2.05, 4.69) is 15.0 Å². The highest BCUT2D eigenvalue weighted by Gasteiger charge is 2.20. The molecule has 2 rings (SSSR count). The van der Waals surface area contributed by atoms with Crippen LogP contribution in [0.5, 0.6) is 0 Å². The lowest BCUT2D eigenvalue weighted by Crippen LogP contribution is -2.19. The van der Waals surface area contributed by atoms with Crippen LogP contribution in [-0.4, -0.2) is 40.9 Å². The maximum absolute atomic E-state index is 12.2. The van der Waals surface area contributed by atoms with Gasteiger partial charge in [-0.05, 0) is 5.56 Å². The Morgan fingerprint density at radius 2 is 1.81 bits per heavy atom. The molecular weight excluding hydrogens is 336 g/mol. The van der Waals surface area contributed by atoms with Crippen molar-refractivity contribution in [1.82, 2.24) is 15.0 Å². The highest BCUT2D eigenvalue weighted by molar-refractivity contribution is 5.77. The summed E-state index contributed by atoms with van der Waals surface area (Å²) >= 11 is 0. The largest absolute Gasteiger partial charge is 0.457 e. The van der Waals surface area contributed by atoms with Crippen molar-refractivity contribution in [2.75, 3.05) is 24.7 Å². The van der Waals surface area contributed by atoms with Gasteiger partial charge in [0, 0.05) is 26.4 Å². The average Bonchev–Trinajstić information content (AvgIpc) is 2.59. The molecule has 0 spiro atoms. The molecule has 0 aliphatic heterocycles. The van der Waals surface area contributed by atoms with Gasteiger partial charge in [0.05, 0.1) is 6.42 Å². The molecule has 1 aromatic heterocycles. The topological polar surface area (TPSA) is 137 Å². The van der Waals surface area contributed by atoms with Gasteiger partial charge in [-0.2, -0.15) is 15.0 Å². The average molecular weight is 358 g/mol. The number of carbonyl (C=O) groups is 2. The van der Waals surface area contributed by atoms with E-state index < -0.39 is 11.9 Å². The van der Waals surface area contributed by atoms with Crippen LogP contribution in [0.15, 0.2) is 30.3 Å². The molecule has 0 radical (unpaired) electrons. The molecular formula is C17H22N6O3. The standard InChI is InChI=1S/C17H22N6O3/c1-23(2)17-21-14(20-16(19)22-17)10-26-15(25)9-12(8-13(18)24)11-6-4-3-5-7-11/h3-7,12H,8-10H2,1-2H3,(H2,18,24)(H2,19,20,21,22)/t12-/m0/s1. The fraction of sp³-hybridized carbons (Fsp3) is 0.353. The van der Waals surface area contributed by atoms with Crippen LogP contribution >= 0.6 is 0 Å². The summed E-state index contributed by atoms with van der Waals surface area (Å²) in [6.07, 6.45) is 0.0800. The Kier molecular flexibility index (Phi) is 6.42. The molecule has 0 aliphatic carbocycles. The Labute approximate surface area is 151 Å². The van der Waals surface area contributed by atoms with Crippen LogP contribution < -0.4 is 16.4 Å². The molecule has 1 amide bonds. The molecule has 1 heterocycles. The number of ether oxygens (including phenoxy) is 1. The minimum atomic E-state index is -0.481. The minimum absolute atomic E-state index is 0.0219. The molecule has 9 nitrogen and oxygen atoms in total. The van der Waals surface area contributed by atoms with Crippen LogP contribution in [0.2, 0.25) is 0 Å². The van der Waals surface area contributed by atoms with Gasteiger partial charge >= 0.3 is 5.97 Å². The van der Waals surface area contributed by atoms with E-state index in [-0.39, 0.29) is 37.1 Å². The van der Waals surface area contributed by atoms with Crippen LogP contribution in [0.1, 0.15) is 30.1 Å². The second-order valence-electron chi connectivity index (χ2n) is 5.95. The molecule has 138 valence electrons. The van der Waals surface area contributed by atoms with E-state index in [1.807, 2.05) is 30.3 Å². The minimum Gasteiger partial charge on any atom is -0.457 e. The van der Waals surface area contributed by atoms with E-state index >= 15 is 0 Å². The van der Waals surface area contributed by atoms with Gasteiger partial charge in [-0.1, -0.05) is 30.3 Å². The first-order valence-electron chi connectivity index (χ1n) is 8.01. The number of esters is 1. The molecule has 26 heavy (non-hydrogen) atoms. The Morgan fingerprint density at radius 3 is 2.42 bits per heavy atom. The number of aromatic nitrogens is 3. The number of carbonyl (C=O) groups excluding carboxylic acids is 2. The number of primary amides is 1. The van der Waals surface area contributed by atoms with E-state index in [9.17, 15) is 9.59 Å². The van der Waals surface area contributed by atoms with Gasteiger partial charge in [-0.3, -0.25) is 9.59 Å². The third-order valence-electron chi connectivity index (χ3n) is 3.58. The van der Waals surface area contributed by atoms with Crippen molar-refractivity contribution in [3.63, 3.8) is 0 Å². The number of nitrogens with two attached hydrogens (primary N) is 2.